The fourth-order valence-electron chi connectivity index (χ4n) is 7.41. The Kier molecular flexibility index (Phi) is 14.8. The number of nitrogens with zero attached hydrogens (tertiary/aromatic N) is 3. The third kappa shape index (κ3) is 12.2. The number of H-pyrrole nitrogens is 1. The summed E-state index contributed by atoms with van der Waals surface area (Å²) in [6.07, 6.45) is 18.3. The van der Waals surface area contributed by atoms with E-state index in [0.29, 0.717) is 18.7 Å². The van der Waals surface area contributed by atoms with Crippen LogP contribution in [0.15, 0.2) is 84.0 Å². The Morgan fingerprint density at radius 2 is 1.40 bits per heavy atom. The molecule has 9 heteroatoms. The monoisotopic (exact) mass is 771 g/mol. The van der Waals surface area contributed by atoms with Gasteiger partial charge in [-0.25, -0.2) is 9.78 Å². The van der Waals surface area contributed by atoms with Gasteiger partial charge in [0, 0.05) is 54.5 Å². The highest BCUT2D eigenvalue weighted by atomic mass is 16.7. The van der Waals surface area contributed by atoms with E-state index < -0.39 is 17.7 Å². The molecule has 4 aromatic rings. The van der Waals surface area contributed by atoms with Gasteiger partial charge >= 0.3 is 5.97 Å². The summed E-state index contributed by atoms with van der Waals surface area (Å²) in [7, 11) is 0. The predicted octanol–water partition coefficient (Wildman–Crippen LogP) is 10.9. The maximum absolute atomic E-state index is 12.6. The Balaban J connectivity index is 1.10. The van der Waals surface area contributed by atoms with Crippen LogP contribution in [0.25, 0.3) is 40.0 Å². The fraction of sp³-hybridized carbons (Fsp3) is 0.458. The molecule has 2 aliphatic heterocycles. The molecule has 1 unspecified atom stereocenters. The van der Waals surface area contributed by atoms with Crippen molar-refractivity contribution in [3.63, 3.8) is 0 Å². The highest BCUT2D eigenvalue weighted by molar-refractivity contribution is 6.04. The SMILES string of the molecule is CCCCCCCCCCCCNC(=O)/C=C/c1ccc(-c2[nH]c(-c3ccc(N4CCCC4)cc3)nc2-c2ccc(C3=NOC(C(=O)OC(C)(C)C)C3)cc2)cc1. The fourth-order valence-corrected chi connectivity index (χ4v) is 7.41. The first-order chi connectivity index (χ1) is 27.7. The first kappa shape index (κ1) is 41.5. The Morgan fingerprint density at radius 3 is 2.05 bits per heavy atom. The number of ether oxygens (including phenoxy) is 1. The van der Waals surface area contributed by atoms with Crippen LogP contribution in [0.5, 0.6) is 0 Å². The molecule has 0 aliphatic carbocycles. The number of hydrogen-bond donors (Lipinski definition) is 2. The molecule has 3 heterocycles. The van der Waals surface area contributed by atoms with E-state index in [4.69, 9.17) is 14.6 Å². The lowest BCUT2D eigenvalue weighted by atomic mass is 10.00. The van der Waals surface area contributed by atoms with Crippen molar-refractivity contribution in [3.05, 3.63) is 90.0 Å². The molecule has 2 aliphatic rings. The number of unbranched alkanes of at least 4 members (excludes halogenated alkanes) is 9. The first-order valence-electron chi connectivity index (χ1n) is 21.2. The van der Waals surface area contributed by atoms with Crippen molar-refractivity contribution in [2.45, 2.75) is 123 Å². The molecule has 57 heavy (non-hydrogen) atoms. The smallest absolute Gasteiger partial charge is 0.351 e. The van der Waals surface area contributed by atoms with Crippen LogP contribution in [0, 0.1) is 0 Å². The number of nitrogens with one attached hydrogen (secondary N) is 2. The lowest BCUT2D eigenvalue weighted by molar-refractivity contribution is -0.166. The molecule has 2 N–H and O–H groups in total. The molecule has 1 saturated heterocycles. The van der Waals surface area contributed by atoms with Gasteiger partial charge in [0.05, 0.1) is 17.1 Å². The predicted molar refractivity (Wildman–Crippen MR) is 232 cm³/mol. The van der Waals surface area contributed by atoms with Gasteiger partial charge in [-0.3, -0.25) is 4.79 Å². The molecule has 0 bridgehead atoms. The Hall–Kier alpha value is -5.18. The number of aromatic amines is 1. The topological polar surface area (TPSA) is 109 Å². The second-order valence-corrected chi connectivity index (χ2v) is 16.4. The molecule has 1 fully saturated rings. The second kappa shape index (κ2) is 20.3. The molecule has 9 nitrogen and oxygen atoms in total. The third-order valence-electron chi connectivity index (χ3n) is 10.6. The molecule has 0 saturated carbocycles. The molecule has 6 rings (SSSR count). The number of rotatable bonds is 19. The molecule has 1 atom stereocenters. The number of carbonyl (C=O) groups excluding carboxylic acids is 2. The highest BCUT2D eigenvalue weighted by Gasteiger charge is 2.33. The summed E-state index contributed by atoms with van der Waals surface area (Å²) >= 11 is 0. The second-order valence-electron chi connectivity index (χ2n) is 16.4. The molecule has 0 spiro atoms. The molecule has 0 radical (unpaired) electrons. The first-order valence-corrected chi connectivity index (χ1v) is 21.2. The van der Waals surface area contributed by atoms with Gasteiger partial charge in [0.15, 0.2) is 0 Å². The van der Waals surface area contributed by atoms with Crippen LogP contribution in [0.1, 0.15) is 122 Å². The number of oxime groups is 1. The summed E-state index contributed by atoms with van der Waals surface area (Å²) in [5.74, 6) is 0.309. The molecular weight excluding hydrogens is 711 g/mol. The van der Waals surface area contributed by atoms with E-state index in [1.165, 1.54) is 69.9 Å². The minimum Gasteiger partial charge on any atom is -0.457 e. The van der Waals surface area contributed by atoms with E-state index >= 15 is 0 Å². The summed E-state index contributed by atoms with van der Waals surface area (Å²) in [5.41, 5.74) is 7.83. The lowest BCUT2D eigenvalue weighted by Gasteiger charge is -2.20. The summed E-state index contributed by atoms with van der Waals surface area (Å²) in [6.45, 7) is 10.7. The average molecular weight is 772 g/mol. The van der Waals surface area contributed by atoms with Crippen molar-refractivity contribution in [1.29, 1.82) is 0 Å². The average Bonchev–Trinajstić information content (AvgIpc) is 4.02. The van der Waals surface area contributed by atoms with Gasteiger partial charge in [0.2, 0.25) is 12.0 Å². The standard InChI is InChI=1S/C48H61N5O4/c1-5-6-7-8-9-10-11-12-13-14-31-49-43(54)30-19-35-17-20-37(21-18-35)44-45(51-46(50-44)39-26-28-40(29-27-39)53-32-15-16-33-53)38-24-22-36(23-25-38)41-34-42(57-52-41)47(55)56-48(2,3)4/h17-30,42H,5-16,31-34H2,1-4H3,(H,49,54)(H,50,51)/b30-19+. The van der Waals surface area contributed by atoms with Crippen LogP contribution in [0.3, 0.4) is 0 Å². The normalized spacial score (nSPS) is 15.5. The minimum atomic E-state index is -0.752. The Bertz CT molecular complexity index is 1950. The van der Waals surface area contributed by atoms with Crippen molar-refractivity contribution in [1.82, 2.24) is 15.3 Å². The molecule has 1 amide bonds. The Labute approximate surface area is 339 Å². The largest absolute Gasteiger partial charge is 0.457 e. The number of benzene rings is 3. The number of amides is 1. The van der Waals surface area contributed by atoms with Gasteiger partial charge in [-0.1, -0.05) is 118 Å². The number of carbonyl (C=O) groups is 2. The molecule has 1 aromatic heterocycles. The quantitative estimate of drug-likeness (QED) is 0.0558. The highest BCUT2D eigenvalue weighted by Crippen LogP contribution is 2.35. The van der Waals surface area contributed by atoms with Crippen LogP contribution in [0.2, 0.25) is 0 Å². The van der Waals surface area contributed by atoms with Gasteiger partial charge in [-0.15, -0.1) is 0 Å². The van der Waals surface area contributed by atoms with E-state index in [0.717, 1.165) is 71.0 Å². The molecular formula is C48H61N5O4. The van der Waals surface area contributed by atoms with E-state index in [-0.39, 0.29) is 5.91 Å². The number of aromatic nitrogens is 2. The summed E-state index contributed by atoms with van der Waals surface area (Å²) in [4.78, 5) is 41.8. The van der Waals surface area contributed by atoms with E-state index in [1.54, 1.807) is 6.08 Å². The van der Waals surface area contributed by atoms with Crippen molar-refractivity contribution in [2.24, 2.45) is 5.16 Å². The summed E-state index contributed by atoms with van der Waals surface area (Å²) < 4.78 is 5.51. The van der Waals surface area contributed by atoms with E-state index in [1.807, 2.05) is 63.2 Å². The maximum Gasteiger partial charge on any atom is 0.351 e. The van der Waals surface area contributed by atoms with Crippen molar-refractivity contribution < 1.29 is 19.2 Å². The van der Waals surface area contributed by atoms with Gasteiger partial charge in [-0.2, -0.15) is 0 Å². The Morgan fingerprint density at radius 1 is 0.807 bits per heavy atom. The third-order valence-corrected chi connectivity index (χ3v) is 10.6. The van der Waals surface area contributed by atoms with E-state index in [9.17, 15) is 9.59 Å². The molecule has 302 valence electrons. The zero-order chi connectivity index (χ0) is 40.0. The van der Waals surface area contributed by atoms with Crippen LogP contribution in [-0.4, -0.2) is 58.9 Å². The number of imidazole rings is 1. The maximum atomic E-state index is 12.6. The van der Waals surface area contributed by atoms with Gasteiger partial charge in [0.25, 0.3) is 0 Å². The van der Waals surface area contributed by atoms with Gasteiger partial charge in [-0.05, 0) is 81.5 Å². The van der Waals surface area contributed by atoms with Crippen molar-refractivity contribution in [3.8, 4) is 33.9 Å². The van der Waals surface area contributed by atoms with Gasteiger partial charge in [0.1, 0.15) is 11.4 Å². The number of hydrogen-bond acceptors (Lipinski definition) is 7. The molecule has 3 aromatic carbocycles. The van der Waals surface area contributed by atoms with Crippen molar-refractivity contribution in [2.75, 3.05) is 24.5 Å². The van der Waals surface area contributed by atoms with Crippen LogP contribution in [0.4, 0.5) is 5.69 Å². The van der Waals surface area contributed by atoms with Crippen LogP contribution in [-0.2, 0) is 19.2 Å². The summed E-state index contributed by atoms with van der Waals surface area (Å²) in [6, 6.07) is 24.9. The van der Waals surface area contributed by atoms with Crippen LogP contribution >= 0.6 is 0 Å². The zero-order valence-electron chi connectivity index (χ0n) is 34.4. The van der Waals surface area contributed by atoms with Gasteiger partial charge < -0.3 is 24.8 Å². The van der Waals surface area contributed by atoms with E-state index in [2.05, 4.69) is 63.7 Å². The number of anilines is 1. The number of esters is 1. The minimum absolute atomic E-state index is 0.0646. The van der Waals surface area contributed by atoms with Crippen molar-refractivity contribution >= 4 is 29.4 Å². The zero-order valence-corrected chi connectivity index (χ0v) is 34.4. The lowest BCUT2D eigenvalue weighted by Crippen LogP contribution is -2.32. The summed E-state index contributed by atoms with van der Waals surface area (Å²) in [5, 5.41) is 7.26. The van der Waals surface area contributed by atoms with Crippen LogP contribution < -0.4 is 10.2 Å².